The maximum Gasteiger partial charge on any atom is 0.337 e. The van der Waals surface area contributed by atoms with E-state index < -0.39 is 5.97 Å². The number of hydrogen-bond acceptors (Lipinski definition) is 3. The second-order valence-electron chi connectivity index (χ2n) is 4.86. The van der Waals surface area contributed by atoms with Crippen LogP contribution in [0.2, 0.25) is 5.02 Å². The summed E-state index contributed by atoms with van der Waals surface area (Å²) in [7, 11) is 1.83. The third-order valence-electron chi connectivity index (χ3n) is 3.28. The number of anilines is 2. The first-order valence-electron chi connectivity index (χ1n) is 6.56. The number of halogens is 1. The summed E-state index contributed by atoms with van der Waals surface area (Å²) in [6.45, 7) is 0.661. The van der Waals surface area contributed by atoms with Gasteiger partial charge in [-0.3, -0.25) is 0 Å². The summed E-state index contributed by atoms with van der Waals surface area (Å²) in [5.74, 6) is -1.04. The molecule has 2 aromatic rings. The Kier molecular flexibility index (Phi) is 4.70. The SMILES string of the molecule is CN(CCc1ccccc1)c1c(Cl)cc(N)cc1C(=O)O. The largest absolute Gasteiger partial charge is 0.478 e. The molecule has 0 aliphatic carbocycles. The van der Waals surface area contributed by atoms with Crippen LogP contribution in [-0.4, -0.2) is 24.7 Å². The minimum absolute atomic E-state index is 0.121. The van der Waals surface area contributed by atoms with Crippen LogP contribution in [0, 0.1) is 0 Å². The highest BCUT2D eigenvalue weighted by atomic mass is 35.5. The Morgan fingerprint density at radius 1 is 1.29 bits per heavy atom. The van der Waals surface area contributed by atoms with Crippen molar-refractivity contribution in [2.75, 3.05) is 24.2 Å². The van der Waals surface area contributed by atoms with Crippen LogP contribution in [0.4, 0.5) is 11.4 Å². The molecule has 5 heteroatoms. The van der Waals surface area contributed by atoms with E-state index in [9.17, 15) is 9.90 Å². The third kappa shape index (κ3) is 3.67. The third-order valence-corrected chi connectivity index (χ3v) is 3.56. The molecular weight excluding hydrogens is 288 g/mol. The van der Waals surface area contributed by atoms with E-state index in [4.69, 9.17) is 17.3 Å². The average molecular weight is 305 g/mol. The molecule has 0 atom stereocenters. The normalized spacial score (nSPS) is 10.4. The highest BCUT2D eigenvalue weighted by Gasteiger charge is 2.18. The minimum atomic E-state index is -1.04. The van der Waals surface area contributed by atoms with Crippen molar-refractivity contribution in [1.29, 1.82) is 0 Å². The van der Waals surface area contributed by atoms with Crippen LogP contribution in [0.5, 0.6) is 0 Å². The minimum Gasteiger partial charge on any atom is -0.478 e. The molecule has 3 N–H and O–H groups in total. The van der Waals surface area contributed by atoms with E-state index in [1.165, 1.54) is 11.6 Å². The lowest BCUT2D eigenvalue weighted by atomic mass is 10.1. The van der Waals surface area contributed by atoms with Gasteiger partial charge in [-0.1, -0.05) is 41.9 Å². The molecule has 0 amide bonds. The second kappa shape index (κ2) is 6.50. The summed E-state index contributed by atoms with van der Waals surface area (Å²) in [5, 5.41) is 9.66. The van der Waals surface area contributed by atoms with Crippen LogP contribution in [0.3, 0.4) is 0 Å². The van der Waals surface area contributed by atoms with Gasteiger partial charge in [0, 0.05) is 19.3 Å². The summed E-state index contributed by atoms with van der Waals surface area (Å²) >= 11 is 6.17. The predicted molar refractivity (Wildman–Crippen MR) is 86.2 cm³/mol. The first-order valence-corrected chi connectivity index (χ1v) is 6.94. The highest BCUT2D eigenvalue weighted by Crippen LogP contribution is 2.32. The number of carboxylic acids is 1. The maximum absolute atomic E-state index is 11.4. The Hall–Kier alpha value is -2.20. The van der Waals surface area contributed by atoms with Gasteiger partial charge in [0.25, 0.3) is 0 Å². The number of carboxylic acid groups (broad SMARTS) is 1. The van der Waals surface area contributed by atoms with E-state index in [-0.39, 0.29) is 5.56 Å². The van der Waals surface area contributed by atoms with Crippen molar-refractivity contribution in [2.45, 2.75) is 6.42 Å². The van der Waals surface area contributed by atoms with Crippen molar-refractivity contribution in [3.63, 3.8) is 0 Å². The predicted octanol–water partition coefficient (Wildman–Crippen LogP) is 3.30. The molecule has 110 valence electrons. The van der Waals surface area contributed by atoms with E-state index in [0.717, 1.165) is 6.42 Å². The molecule has 2 aromatic carbocycles. The fraction of sp³-hybridized carbons (Fsp3) is 0.188. The Morgan fingerprint density at radius 3 is 2.57 bits per heavy atom. The molecule has 0 heterocycles. The van der Waals surface area contributed by atoms with E-state index in [2.05, 4.69) is 0 Å². The lowest BCUT2D eigenvalue weighted by Gasteiger charge is -2.23. The van der Waals surface area contributed by atoms with Crippen molar-refractivity contribution in [1.82, 2.24) is 0 Å². The van der Waals surface area contributed by atoms with Gasteiger partial charge in [0.15, 0.2) is 0 Å². The monoisotopic (exact) mass is 304 g/mol. The van der Waals surface area contributed by atoms with Gasteiger partial charge >= 0.3 is 5.97 Å². The molecule has 21 heavy (non-hydrogen) atoms. The van der Waals surface area contributed by atoms with Crippen molar-refractivity contribution in [3.8, 4) is 0 Å². The molecule has 0 bridgehead atoms. The number of carbonyl (C=O) groups is 1. The number of nitrogens with zero attached hydrogens (tertiary/aromatic N) is 1. The summed E-state index contributed by atoms with van der Waals surface area (Å²) in [4.78, 5) is 13.2. The zero-order valence-electron chi connectivity index (χ0n) is 11.7. The van der Waals surface area contributed by atoms with Crippen LogP contribution in [0.15, 0.2) is 42.5 Å². The molecule has 0 unspecified atom stereocenters. The van der Waals surface area contributed by atoms with Crippen molar-refractivity contribution in [2.24, 2.45) is 0 Å². The van der Waals surface area contributed by atoms with E-state index in [0.29, 0.717) is 22.9 Å². The van der Waals surface area contributed by atoms with Gasteiger partial charge < -0.3 is 15.7 Å². The summed E-state index contributed by atoms with van der Waals surface area (Å²) in [6, 6.07) is 13.0. The molecule has 0 spiro atoms. The summed E-state index contributed by atoms with van der Waals surface area (Å²) in [6.07, 6.45) is 0.803. The number of likely N-dealkylation sites (N-methyl/N-ethyl adjacent to an activating group) is 1. The highest BCUT2D eigenvalue weighted by molar-refractivity contribution is 6.34. The smallest absolute Gasteiger partial charge is 0.337 e. The van der Waals surface area contributed by atoms with Gasteiger partial charge in [0.1, 0.15) is 0 Å². The fourth-order valence-electron chi connectivity index (χ4n) is 2.22. The molecule has 0 aliphatic rings. The number of aromatic carboxylic acids is 1. The zero-order valence-corrected chi connectivity index (χ0v) is 12.5. The number of nitrogen functional groups attached to an aromatic ring is 1. The van der Waals surface area contributed by atoms with Gasteiger partial charge in [-0.2, -0.15) is 0 Å². The Balaban J connectivity index is 2.22. The second-order valence-corrected chi connectivity index (χ2v) is 5.27. The van der Waals surface area contributed by atoms with Crippen LogP contribution in [-0.2, 0) is 6.42 Å². The fourth-order valence-corrected chi connectivity index (χ4v) is 2.60. The Labute approximate surface area is 128 Å². The Bertz CT molecular complexity index is 644. The summed E-state index contributed by atoms with van der Waals surface area (Å²) in [5.41, 5.74) is 7.81. The summed E-state index contributed by atoms with van der Waals surface area (Å²) < 4.78 is 0. The molecule has 0 aromatic heterocycles. The lowest BCUT2D eigenvalue weighted by molar-refractivity contribution is 0.0697. The van der Waals surface area contributed by atoms with Gasteiger partial charge in [-0.25, -0.2) is 4.79 Å². The van der Waals surface area contributed by atoms with Gasteiger partial charge in [-0.15, -0.1) is 0 Å². The van der Waals surface area contributed by atoms with Crippen molar-refractivity contribution in [3.05, 3.63) is 58.6 Å². The average Bonchev–Trinajstić information content (AvgIpc) is 2.45. The molecule has 0 saturated carbocycles. The topological polar surface area (TPSA) is 66.6 Å². The van der Waals surface area contributed by atoms with Gasteiger partial charge in [-0.05, 0) is 24.1 Å². The van der Waals surface area contributed by atoms with Crippen molar-refractivity contribution < 1.29 is 9.90 Å². The van der Waals surface area contributed by atoms with E-state index in [1.807, 2.05) is 42.3 Å². The zero-order chi connectivity index (χ0) is 15.4. The van der Waals surface area contributed by atoms with Crippen LogP contribution in [0.25, 0.3) is 0 Å². The van der Waals surface area contributed by atoms with Gasteiger partial charge in [0.2, 0.25) is 0 Å². The first-order chi connectivity index (χ1) is 9.99. The van der Waals surface area contributed by atoms with Crippen molar-refractivity contribution >= 4 is 28.9 Å². The number of rotatable bonds is 5. The molecule has 0 saturated heterocycles. The number of benzene rings is 2. The number of nitrogens with two attached hydrogens (primary N) is 1. The van der Waals surface area contributed by atoms with Crippen LogP contribution in [0.1, 0.15) is 15.9 Å². The molecular formula is C16H17ClN2O2. The maximum atomic E-state index is 11.4. The van der Waals surface area contributed by atoms with Crippen LogP contribution >= 0.6 is 11.6 Å². The molecule has 0 fully saturated rings. The molecule has 0 radical (unpaired) electrons. The van der Waals surface area contributed by atoms with E-state index >= 15 is 0 Å². The molecule has 2 rings (SSSR count). The molecule has 0 aliphatic heterocycles. The van der Waals surface area contributed by atoms with Gasteiger partial charge in [0.05, 0.1) is 16.3 Å². The standard InChI is InChI=1S/C16H17ClN2O2/c1-19(8-7-11-5-3-2-4-6-11)15-13(16(20)21)9-12(18)10-14(15)17/h2-6,9-10H,7-8,18H2,1H3,(H,20,21). The van der Waals surface area contributed by atoms with Crippen LogP contribution < -0.4 is 10.6 Å². The molecule has 4 nitrogen and oxygen atoms in total. The Morgan fingerprint density at radius 2 is 1.95 bits per heavy atom. The number of hydrogen-bond donors (Lipinski definition) is 2. The lowest BCUT2D eigenvalue weighted by Crippen LogP contribution is -2.23. The quantitative estimate of drug-likeness (QED) is 0.832. The first kappa shape index (κ1) is 15.2. The van der Waals surface area contributed by atoms with E-state index in [1.54, 1.807) is 6.07 Å².